The Kier molecular flexibility index (Phi) is 5.63. The number of nitrogens with one attached hydrogen (secondary N) is 2. The number of para-hydroxylation sites is 2. The minimum absolute atomic E-state index is 0.104. The summed E-state index contributed by atoms with van der Waals surface area (Å²) in [5, 5.41) is 5.68. The quantitative estimate of drug-likeness (QED) is 0.866. The predicted octanol–water partition coefficient (Wildman–Crippen LogP) is 1.53. The summed E-state index contributed by atoms with van der Waals surface area (Å²) in [6, 6.07) is 6.79. The smallest absolute Gasteiger partial charge is 0.318 e. The number of nitrogens with zero attached hydrogens (tertiary/aromatic N) is 1. The molecular formula is C18H25N3O4. The third kappa shape index (κ3) is 4.35. The van der Waals surface area contributed by atoms with Gasteiger partial charge in [-0.1, -0.05) is 12.1 Å². The fourth-order valence-corrected chi connectivity index (χ4v) is 3.07. The highest BCUT2D eigenvalue weighted by atomic mass is 16.6. The highest BCUT2D eigenvalue weighted by Crippen LogP contribution is 2.31. The van der Waals surface area contributed by atoms with E-state index in [0.29, 0.717) is 38.4 Å². The van der Waals surface area contributed by atoms with Crippen molar-refractivity contribution in [3.05, 3.63) is 24.3 Å². The summed E-state index contributed by atoms with van der Waals surface area (Å²) in [6.07, 6.45) is 2.31. The fourth-order valence-electron chi connectivity index (χ4n) is 3.07. The molecule has 2 atom stereocenters. The number of benzene rings is 1. The average molecular weight is 347 g/mol. The Morgan fingerprint density at radius 1 is 1.32 bits per heavy atom. The zero-order chi connectivity index (χ0) is 17.6. The van der Waals surface area contributed by atoms with Gasteiger partial charge in [0.2, 0.25) is 5.91 Å². The first-order chi connectivity index (χ1) is 12.2. The van der Waals surface area contributed by atoms with Gasteiger partial charge in [-0.3, -0.25) is 4.79 Å². The van der Waals surface area contributed by atoms with Gasteiger partial charge in [0.25, 0.3) is 0 Å². The van der Waals surface area contributed by atoms with Crippen molar-refractivity contribution >= 4 is 11.9 Å². The van der Waals surface area contributed by atoms with Crippen molar-refractivity contribution in [1.29, 1.82) is 0 Å². The number of ether oxygens (including phenoxy) is 2. The van der Waals surface area contributed by atoms with E-state index in [-0.39, 0.29) is 18.0 Å². The van der Waals surface area contributed by atoms with Gasteiger partial charge < -0.3 is 25.0 Å². The number of carbonyl (C=O) groups is 2. The Hall–Kier alpha value is -2.44. The average Bonchev–Trinajstić information content (AvgIpc) is 2.84. The molecule has 0 saturated carbocycles. The number of amides is 3. The van der Waals surface area contributed by atoms with Crippen LogP contribution in [0.4, 0.5) is 4.79 Å². The van der Waals surface area contributed by atoms with Crippen LogP contribution in [0.15, 0.2) is 24.3 Å². The summed E-state index contributed by atoms with van der Waals surface area (Å²) in [5.74, 6) is 1.31. The standard InChI is InChI=1S/C18H25N3O4/c1-2-21(18(23)20-14-7-5-6-10-19-17(14)22)11-13-12-24-15-8-3-4-9-16(15)25-13/h3-4,8-9,13-14H,2,5-7,10-12H2,1H3,(H,19,22)(H,20,23)/t13-,14-/m1/s1. The zero-order valence-electron chi connectivity index (χ0n) is 14.5. The van der Waals surface area contributed by atoms with E-state index in [1.807, 2.05) is 31.2 Å². The largest absolute Gasteiger partial charge is 0.486 e. The summed E-state index contributed by atoms with van der Waals surface area (Å²) < 4.78 is 11.6. The van der Waals surface area contributed by atoms with Gasteiger partial charge in [-0.05, 0) is 38.3 Å². The summed E-state index contributed by atoms with van der Waals surface area (Å²) in [6.45, 7) is 3.91. The highest BCUT2D eigenvalue weighted by molar-refractivity contribution is 5.87. The minimum Gasteiger partial charge on any atom is -0.486 e. The first-order valence-electron chi connectivity index (χ1n) is 8.89. The second-order valence-electron chi connectivity index (χ2n) is 6.33. The van der Waals surface area contributed by atoms with Crippen LogP contribution in [0.2, 0.25) is 0 Å². The number of urea groups is 1. The fraction of sp³-hybridized carbons (Fsp3) is 0.556. The van der Waals surface area contributed by atoms with Gasteiger partial charge in [-0.25, -0.2) is 4.79 Å². The van der Waals surface area contributed by atoms with Crippen molar-refractivity contribution in [3.63, 3.8) is 0 Å². The third-order valence-electron chi connectivity index (χ3n) is 4.49. The van der Waals surface area contributed by atoms with Crippen molar-refractivity contribution < 1.29 is 19.1 Å². The molecule has 0 aromatic heterocycles. The van der Waals surface area contributed by atoms with Crippen LogP contribution in [0.3, 0.4) is 0 Å². The lowest BCUT2D eigenvalue weighted by Crippen LogP contribution is -2.53. The molecule has 2 aliphatic heterocycles. The van der Waals surface area contributed by atoms with E-state index in [0.717, 1.165) is 18.6 Å². The van der Waals surface area contributed by atoms with Crippen LogP contribution in [0.1, 0.15) is 26.2 Å². The van der Waals surface area contributed by atoms with Gasteiger partial charge in [-0.2, -0.15) is 0 Å². The first-order valence-corrected chi connectivity index (χ1v) is 8.89. The maximum absolute atomic E-state index is 12.6. The highest BCUT2D eigenvalue weighted by Gasteiger charge is 2.28. The molecule has 0 spiro atoms. The number of hydrogen-bond acceptors (Lipinski definition) is 4. The molecule has 1 fully saturated rings. The lowest BCUT2D eigenvalue weighted by molar-refractivity contribution is -0.122. The normalized spacial score (nSPS) is 22.5. The number of carbonyl (C=O) groups excluding carboxylic acids is 2. The molecule has 25 heavy (non-hydrogen) atoms. The molecule has 136 valence electrons. The maximum atomic E-state index is 12.6. The van der Waals surface area contributed by atoms with Crippen molar-refractivity contribution in [1.82, 2.24) is 15.5 Å². The summed E-state index contributed by atoms with van der Waals surface area (Å²) in [4.78, 5) is 26.2. The molecule has 2 aliphatic rings. The van der Waals surface area contributed by atoms with Crippen molar-refractivity contribution in [3.8, 4) is 11.5 Å². The maximum Gasteiger partial charge on any atom is 0.318 e. The van der Waals surface area contributed by atoms with Crippen molar-refractivity contribution in [2.75, 3.05) is 26.2 Å². The van der Waals surface area contributed by atoms with Gasteiger partial charge in [0.05, 0.1) is 6.54 Å². The van der Waals surface area contributed by atoms with E-state index >= 15 is 0 Å². The summed E-state index contributed by atoms with van der Waals surface area (Å²) in [5.41, 5.74) is 0. The molecule has 0 unspecified atom stereocenters. The molecule has 3 amide bonds. The molecule has 7 nitrogen and oxygen atoms in total. The Morgan fingerprint density at radius 3 is 2.92 bits per heavy atom. The summed E-state index contributed by atoms with van der Waals surface area (Å²) >= 11 is 0. The zero-order valence-corrected chi connectivity index (χ0v) is 14.5. The third-order valence-corrected chi connectivity index (χ3v) is 4.49. The molecular weight excluding hydrogens is 322 g/mol. The van der Waals surface area contributed by atoms with Crippen LogP contribution in [0, 0.1) is 0 Å². The molecule has 2 N–H and O–H groups in total. The topological polar surface area (TPSA) is 79.9 Å². The van der Waals surface area contributed by atoms with Gasteiger partial charge in [0.15, 0.2) is 17.6 Å². The van der Waals surface area contributed by atoms with Crippen LogP contribution in [-0.2, 0) is 4.79 Å². The van der Waals surface area contributed by atoms with Crippen LogP contribution in [0.25, 0.3) is 0 Å². The van der Waals surface area contributed by atoms with E-state index in [2.05, 4.69) is 10.6 Å². The second kappa shape index (κ2) is 8.09. The molecule has 1 aromatic carbocycles. The second-order valence-corrected chi connectivity index (χ2v) is 6.33. The predicted molar refractivity (Wildman–Crippen MR) is 92.8 cm³/mol. The van der Waals surface area contributed by atoms with E-state index in [1.165, 1.54) is 0 Å². The van der Waals surface area contributed by atoms with Crippen molar-refractivity contribution in [2.45, 2.75) is 38.3 Å². The SMILES string of the molecule is CCN(C[C@@H]1COc2ccccc2O1)C(=O)N[C@@H]1CCCCNC1=O. The van der Waals surface area contributed by atoms with Gasteiger partial charge >= 0.3 is 6.03 Å². The van der Waals surface area contributed by atoms with E-state index < -0.39 is 6.04 Å². The molecule has 0 bridgehead atoms. The number of likely N-dealkylation sites (N-methyl/N-ethyl adjacent to an activating group) is 1. The molecule has 0 radical (unpaired) electrons. The first kappa shape index (κ1) is 17.4. The molecule has 3 rings (SSSR count). The van der Waals surface area contributed by atoms with Crippen LogP contribution < -0.4 is 20.1 Å². The van der Waals surface area contributed by atoms with E-state index in [1.54, 1.807) is 4.90 Å². The Balaban J connectivity index is 1.57. The molecule has 7 heteroatoms. The molecule has 2 heterocycles. The van der Waals surface area contributed by atoms with Crippen LogP contribution >= 0.6 is 0 Å². The van der Waals surface area contributed by atoms with E-state index in [9.17, 15) is 9.59 Å². The Labute approximate surface area is 147 Å². The Bertz CT molecular complexity index is 622. The number of fused-ring (bicyclic) bond motifs is 1. The van der Waals surface area contributed by atoms with Crippen LogP contribution in [-0.4, -0.2) is 55.2 Å². The lowest BCUT2D eigenvalue weighted by Gasteiger charge is -2.31. The molecule has 1 aromatic rings. The van der Waals surface area contributed by atoms with Crippen LogP contribution in [0.5, 0.6) is 11.5 Å². The molecule has 1 saturated heterocycles. The number of hydrogen-bond donors (Lipinski definition) is 2. The minimum atomic E-state index is -0.465. The van der Waals surface area contributed by atoms with Gasteiger partial charge in [0, 0.05) is 13.1 Å². The van der Waals surface area contributed by atoms with Gasteiger partial charge in [0.1, 0.15) is 12.6 Å². The molecule has 0 aliphatic carbocycles. The number of rotatable bonds is 4. The van der Waals surface area contributed by atoms with E-state index in [4.69, 9.17) is 9.47 Å². The summed E-state index contributed by atoms with van der Waals surface area (Å²) in [7, 11) is 0. The van der Waals surface area contributed by atoms with Gasteiger partial charge in [-0.15, -0.1) is 0 Å². The Morgan fingerprint density at radius 2 is 2.12 bits per heavy atom. The van der Waals surface area contributed by atoms with Crippen molar-refractivity contribution in [2.24, 2.45) is 0 Å². The lowest BCUT2D eigenvalue weighted by atomic mass is 10.1. The monoisotopic (exact) mass is 347 g/mol.